The SMILES string of the molecule is CN=C(C)C1(C)CNCCC1S. The molecule has 2 unspecified atom stereocenters. The summed E-state index contributed by atoms with van der Waals surface area (Å²) in [6.45, 7) is 6.42. The molecule has 12 heavy (non-hydrogen) atoms. The number of nitrogens with one attached hydrogen (secondary N) is 1. The van der Waals surface area contributed by atoms with Crippen LogP contribution in [0.1, 0.15) is 20.3 Å². The summed E-state index contributed by atoms with van der Waals surface area (Å²) in [5, 5.41) is 3.84. The fourth-order valence-corrected chi connectivity index (χ4v) is 2.05. The molecule has 0 aromatic heterocycles. The van der Waals surface area contributed by atoms with Crippen molar-refractivity contribution in [1.29, 1.82) is 0 Å². The Labute approximate surface area is 80.3 Å². The lowest BCUT2D eigenvalue weighted by Gasteiger charge is -2.39. The molecule has 3 heteroatoms. The van der Waals surface area contributed by atoms with Crippen LogP contribution in [-0.4, -0.2) is 31.1 Å². The summed E-state index contributed by atoms with van der Waals surface area (Å²) in [6, 6.07) is 0. The van der Waals surface area contributed by atoms with Gasteiger partial charge < -0.3 is 5.32 Å². The van der Waals surface area contributed by atoms with Crippen molar-refractivity contribution >= 4 is 18.3 Å². The van der Waals surface area contributed by atoms with Crippen molar-refractivity contribution in [3.8, 4) is 0 Å². The lowest BCUT2D eigenvalue weighted by molar-refractivity contribution is 0.345. The van der Waals surface area contributed by atoms with Crippen molar-refractivity contribution in [1.82, 2.24) is 5.32 Å². The van der Waals surface area contributed by atoms with Crippen molar-refractivity contribution < 1.29 is 0 Å². The van der Waals surface area contributed by atoms with Gasteiger partial charge in [-0.2, -0.15) is 12.6 Å². The van der Waals surface area contributed by atoms with Crippen LogP contribution in [0, 0.1) is 5.41 Å². The van der Waals surface area contributed by atoms with E-state index >= 15 is 0 Å². The summed E-state index contributed by atoms with van der Waals surface area (Å²) in [7, 11) is 1.86. The second-order valence-corrected chi connectivity index (χ2v) is 4.33. The largest absolute Gasteiger partial charge is 0.316 e. The maximum Gasteiger partial charge on any atom is 0.0292 e. The highest BCUT2D eigenvalue weighted by Crippen LogP contribution is 2.31. The third kappa shape index (κ3) is 1.67. The third-order valence-electron chi connectivity index (χ3n) is 2.98. The summed E-state index contributed by atoms with van der Waals surface area (Å²) in [5.41, 5.74) is 1.35. The van der Waals surface area contributed by atoms with Crippen LogP contribution < -0.4 is 5.32 Å². The van der Waals surface area contributed by atoms with Crippen LogP contribution in [0.5, 0.6) is 0 Å². The molecule has 0 saturated carbocycles. The van der Waals surface area contributed by atoms with Gasteiger partial charge in [-0.05, 0) is 19.9 Å². The molecule has 1 fully saturated rings. The summed E-state index contributed by atoms with van der Waals surface area (Å²) >= 11 is 4.61. The first kappa shape index (κ1) is 10.1. The van der Waals surface area contributed by atoms with Gasteiger partial charge in [0.05, 0.1) is 0 Å². The fraction of sp³-hybridized carbons (Fsp3) is 0.889. The van der Waals surface area contributed by atoms with E-state index in [1.165, 1.54) is 5.71 Å². The Balaban J connectivity index is 2.79. The van der Waals surface area contributed by atoms with Crippen LogP contribution in [0.2, 0.25) is 0 Å². The molecule has 2 atom stereocenters. The maximum absolute atomic E-state index is 4.61. The second-order valence-electron chi connectivity index (χ2n) is 3.71. The fourth-order valence-electron chi connectivity index (χ4n) is 1.65. The molecule has 0 amide bonds. The van der Waals surface area contributed by atoms with E-state index in [0.717, 1.165) is 19.5 Å². The molecule has 1 N–H and O–H groups in total. The molecule has 0 aromatic carbocycles. The van der Waals surface area contributed by atoms with Gasteiger partial charge in [0, 0.05) is 30.0 Å². The second kappa shape index (κ2) is 3.79. The van der Waals surface area contributed by atoms with Crippen molar-refractivity contribution in [2.45, 2.75) is 25.5 Å². The number of rotatable bonds is 1. The van der Waals surface area contributed by atoms with Crippen LogP contribution in [-0.2, 0) is 0 Å². The predicted molar refractivity (Wildman–Crippen MR) is 57.4 cm³/mol. The number of piperidine rings is 1. The van der Waals surface area contributed by atoms with Crippen LogP contribution in [0.4, 0.5) is 0 Å². The maximum atomic E-state index is 4.61. The third-order valence-corrected chi connectivity index (χ3v) is 3.81. The average molecular weight is 186 g/mol. The van der Waals surface area contributed by atoms with Gasteiger partial charge in [-0.1, -0.05) is 6.92 Å². The first-order valence-electron chi connectivity index (χ1n) is 4.44. The van der Waals surface area contributed by atoms with Gasteiger partial charge in [-0.15, -0.1) is 0 Å². The topological polar surface area (TPSA) is 24.4 Å². The summed E-state index contributed by atoms with van der Waals surface area (Å²) < 4.78 is 0. The first-order chi connectivity index (χ1) is 5.61. The first-order valence-corrected chi connectivity index (χ1v) is 4.95. The minimum absolute atomic E-state index is 0.149. The zero-order valence-corrected chi connectivity index (χ0v) is 8.99. The number of hydrogen-bond donors (Lipinski definition) is 2. The van der Waals surface area contributed by atoms with E-state index in [-0.39, 0.29) is 5.41 Å². The van der Waals surface area contributed by atoms with Crippen LogP contribution in [0.3, 0.4) is 0 Å². The standard InChI is InChI=1S/C9H18N2S/c1-7(10-3)9(2)6-11-5-4-8(9)12/h8,11-12H,4-6H2,1-3H3. The molecule has 0 aliphatic carbocycles. The molecule has 1 heterocycles. The molecule has 70 valence electrons. The van der Waals surface area contributed by atoms with Gasteiger partial charge in [0.15, 0.2) is 0 Å². The number of hydrogen-bond acceptors (Lipinski definition) is 3. The van der Waals surface area contributed by atoms with Crippen molar-refractivity contribution in [2.24, 2.45) is 10.4 Å². The smallest absolute Gasteiger partial charge is 0.0292 e. The normalized spacial score (nSPS) is 38.3. The Bertz CT molecular complexity index is 191. The van der Waals surface area contributed by atoms with E-state index in [2.05, 4.69) is 36.8 Å². The number of aliphatic imine (C=N–C) groups is 1. The van der Waals surface area contributed by atoms with Gasteiger partial charge in [0.1, 0.15) is 0 Å². The molecule has 0 aromatic rings. The van der Waals surface area contributed by atoms with Crippen LogP contribution in [0.15, 0.2) is 4.99 Å². The number of thiol groups is 1. The average Bonchev–Trinajstić information content (AvgIpc) is 2.09. The zero-order valence-electron chi connectivity index (χ0n) is 8.09. The van der Waals surface area contributed by atoms with Gasteiger partial charge in [0.2, 0.25) is 0 Å². The Kier molecular flexibility index (Phi) is 3.18. The van der Waals surface area contributed by atoms with E-state index in [0.29, 0.717) is 5.25 Å². The highest BCUT2D eigenvalue weighted by molar-refractivity contribution is 7.81. The molecule has 0 radical (unpaired) electrons. The molecular weight excluding hydrogens is 168 g/mol. The van der Waals surface area contributed by atoms with Crippen molar-refractivity contribution in [3.63, 3.8) is 0 Å². The lowest BCUT2D eigenvalue weighted by atomic mass is 9.78. The Hall–Kier alpha value is -0.0200. The molecule has 1 aliphatic heterocycles. The Morgan fingerprint density at radius 1 is 1.67 bits per heavy atom. The van der Waals surface area contributed by atoms with E-state index in [1.54, 1.807) is 0 Å². The molecular formula is C9H18N2S. The molecule has 1 aliphatic rings. The summed E-state index contributed by atoms with van der Waals surface area (Å²) in [5.74, 6) is 0. The van der Waals surface area contributed by atoms with Gasteiger partial charge in [-0.25, -0.2) is 0 Å². The van der Waals surface area contributed by atoms with Crippen LogP contribution in [0.25, 0.3) is 0 Å². The Morgan fingerprint density at radius 2 is 2.33 bits per heavy atom. The molecule has 0 spiro atoms. The Morgan fingerprint density at radius 3 is 2.83 bits per heavy atom. The molecule has 2 nitrogen and oxygen atoms in total. The van der Waals surface area contributed by atoms with Crippen LogP contribution >= 0.6 is 12.6 Å². The quantitative estimate of drug-likeness (QED) is 0.469. The van der Waals surface area contributed by atoms with E-state index < -0.39 is 0 Å². The highest BCUT2D eigenvalue weighted by Gasteiger charge is 2.36. The zero-order chi connectivity index (χ0) is 9.19. The van der Waals surface area contributed by atoms with Crippen molar-refractivity contribution in [3.05, 3.63) is 0 Å². The molecule has 1 saturated heterocycles. The van der Waals surface area contributed by atoms with Crippen molar-refractivity contribution in [2.75, 3.05) is 20.1 Å². The minimum atomic E-state index is 0.149. The minimum Gasteiger partial charge on any atom is -0.316 e. The summed E-state index contributed by atoms with van der Waals surface area (Å²) in [6.07, 6.45) is 1.13. The predicted octanol–water partition coefficient (Wildman–Crippen LogP) is 1.38. The van der Waals surface area contributed by atoms with E-state index in [4.69, 9.17) is 0 Å². The monoisotopic (exact) mass is 186 g/mol. The summed E-state index contributed by atoms with van der Waals surface area (Å²) in [4.78, 5) is 4.26. The number of nitrogens with zero attached hydrogens (tertiary/aromatic N) is 1. The van der Waals surface area contributed by atoms with Gasteiger partial charge in [0.25, 0.3) is 0 Å². The molecule has 1 rings (SSSR count). The van der Waals surface area contributed by atoms with E-state index in [9.17, 15) is 0 Å². The van der Waals surface area contributed by atoms with E-state index in [1.807, 2.05) is 7.05 Å². The lowest BCUT2D eigenvalue weighted by Crippen LogP contribution is -2.49. The van der Waals surface area contributed by atoms with Gasteiger partial charge >= 0.3 is 0 Å². The molecule has 0 bridgehead atoms. The van der Waals surface area contributed by atoms with Gasteiger partial charge in [-0.3, -0.25) is 4.99 Å². The highest BCUT2D eigenvalue weighted by atomic mass is 32.1.